The summed E-state index contributed by atoms with van der Waals surface area (Å²) in [5, 5.41) is 0. The Morgan fingerprint density at radius 3 is 2.42 bits per heavy atom. The van der Waals surface area contributed by atoms with Crippen molar-refractivity contribution in [3.63, 3.8) is 0 Å². The van der Waals surface area contributed by atoms with Gasteiger partial charge in [-0.15, -0.1) is 0 Å². The average molecular weight is 255 g/mol. The Morgan fingerprint density at radius 2 is 1.79 bits per heavy atom. The molecule has 99 valence electrons. The maximum absolute atomic E-state index is 11.9. The van der Waals surface area contributed by atoms with Gasteiger partial charge in [-0.05, 0) is 19.2 Å². The van der Waals surface area contributed by atoms with Crippen molar-refractivity contribution in [3.05, 3.63) is 35.9 Å². The molecule has 1 aliphatic carbocycles. The van der Waals surface area contributed by atoms with Gasteiger partial charge in [0.2, 0.25) is 13.3 Å². The lowest BCUT2D eigenvalue weighted by Crippen LogP contribution is -2.50. The molecular weight excluding hydrogens is 235 g/mol. The fraction of sp³-hybridized carbons (Fsp3) is 0.533. The van der Waals surface area contributed by atoms with Crippen molar-refractivity contribution in [1.29, 1.82) is 0 Å². The Morgan fingerprint density at radius 1 is 1.11 bits per heavy atom. The fourth-order valence-electron chi connectivity index (χ4n) is 2.56. The Hall–Kier alpha value is -1.29. The summed E-state index contributed by atoms with van der Waals surface area (Å²) >= 11 is 0. The molecule has 4 heteroatoms. The predicted molar refractivity (Wildman–Crippen MR) is 76.8 cm³/mol. The Bertz CT molecular complexity index is 425. The Balaban J connectivity index is 1.41. The summed E-state index contributed by atoms with van der Waals surface area (Å²) in [7, 11) is 2.27. The van der Waals surface area contributed by atoms with Crippen LogP contribution in [0.15, 0.2) is 30.3 Å². The van der Waals surface area contributed by atoms with Crippen LogP contribution in [0.3, 0.4) is 0 Å². The first kappa shape index (κ1) is 12.7. The number of carbonyl (C=O) groups is 1. The summed E-state index contributed by atoms with van der Waals surface area (Å²) in [6.45, 7) is 3.73. The van der Waals surface area contributed by atoms with E-state index >= 15 is 0 Å². The van der Waals surface area contributed by atoms with Gasteiger partial charge in [0, 0.05) is 32.1 Å². The molecule has 1 aromatic carbocycles. The standard InChI is InChI=1S/C15H20BN2O/c19-15(14-6-7-14)17-8-10-18(11-9-17)16-12-13-4-2-1-3-5-13/h1-5,14H,6-12H2. The largest absolute Gasteiger partial charge is 0.343 e. The van der Waals surface area contributed by atoms with E-state index in [0.29, 0.717) is 11.8 Å². The van der Waals surface area contributed by atoms with Gasteiger partial charge in [-0.3, -0.25) is 4.79 Å². The Kier molecular flexibility index (Phi) is 3.88. The maximum atomic E-state index is 11.9. The molecule has 1 saturated carbocycles. The Labute approximate surface area is 115 Å². The molecule has 0 unspecified atom stereocenters. The highest BCUT2D eigenvalue weighted by atomic mass is 16.2. The second-order valence-electron chi connectivity index (χ2n) is 5.51. The van der Waals surface area contributed by atoms with E-state index in [1.165, 1.54) is 5.56 Å². The molecule has 0 N–H and O–H groups in total. The van der Waals surface area contributed by atoms with Crippen molar-refractivity contribution in [2.45, 2.75) is 19.2 Å². The third-order valence-electron chi connectivity index (χ3n) is 3.98. The van der Waals surface area contributed by atoms with Crippen LogP contribution in [0, 0.1) is 5.92 Å². The smallest absolute Gasteiger partial charge is 0.225 e. The number of hydrogen-bond donors (Lipinski definition) is 0. The normalized spacial score (nSPS) is 20.3. The molecule has 0 atom stereocenters. The van der Waals surface area contributed by atoms with Crippen LogP contribution in [0.1, 0.15) is 18.4 Å². The van der Waals surface area contributed by atoms with Crippen molar-refractivity contribution >= 4 is 13.3 Å². The molecule has 19 heavy (non-hydrogen) atoms. The molecule has 1 aliphatic heterocycles. The third-order valence-corrected chi connectivity index (χ3v) is 3.98. The van der Waals surface area contributed by atoms with Crippen LogP contribution in [0.2, 0.25) is 0 Å². The van der Waals surface area contributed by atoms with E-state index in [0.717, 1.165) is 45.3 Å². The SMILES string of the molecule is O=C(C1CC1)N1CCN([B]Cc2ccccc2)CC1. The van der Waals surface area contributed by atoms with Crippen molar-refractivity contribution in [1.82, 2.24) is 9.71 Å². The van der Waals surface area contributed by atoms with Gasteiger partial charge >= 0.3 is 0 Å². The summed E-state index contributed by atoms with van der Waals surface area (Å²) in [5.41, 5.74) is 1.35. The first-order valence-corrected chi connectivity index (χ1v) is 7.23. The molecule has 1 aromatic rings. The molecule has 2 fully saturated rings. The number of carbonyl (C=O) groups excluding carboxylic acids is 1. The predicted octanol–water partition coefficient (Wildman–Crippen LogP) is 1.36. The number of benzene rings is 1. The van der Waals surface area contributed by atoms with Gasteiger partial charge in [-0.25, -0.2) is 0 Å². The van der Waals surface area contributed by atoms with Crippen molar-refractivity contribution in [2.75, 3.05) is 26.2 Å². The second-order valence-corrected chi connectivity index (χ2v) is 5.51. The monoisotopic (exact) mass is 255 g/mol. The van der Waals surface area contributed by atoms with E-state index in [1.54, 1.807) is 0 Å². The van der Waals surface area contributed by atoms with E-state index in [2.05, 4.69) is 36.5 Å². The highest BCUT2D eigenvalue weighted by Gasteiger charge is 2.34. The van der Waals surface area contributed by atoms with Gasteiger partial charge in [0.1, 0.15) is 0 Å². The molecule has 0 spiro atoms. The van der Waals surface area contributed by atoms with Crippen LogP contribution >= 0.6 is 0 Å². The average Bonchev–Trinajstić information content (AvgIpc) is 3.31. The van der Waals surface area contributed by atoms with E-state index in [-0.39, 0.29) is 0 Å². The van der Waals surface area contributed by atoms with Crippen LogP contribution in [0.4, 0.5) is 0 Å². The molecule has 0 bridgehead atoms. The first-order chi connectivity index (χ1) is 9.33. The summed E-state index contributed by atoms with van der Waals surface area (Å²) in [5.74, 6) is 0.752. The van der Waals surface area contributed by atoms with Crippen LogP contribution in [-0.2, 0) is 11.1 Å². The lowest BCUT2D eigenvalue weighted by atomic mass is 9.81. The highest BCUT2D eigenvalue weighted by molar-refractivity contribution is 6.31. The number of amides is 1. The van der Waals surface area contributed by atoms with Gasteiger partial charge in [0.05, 0.1) is 0 Å². The zero-order valence-corrected chi connectivity index (χ0v) is 11.3. The minimum Gasteiger partial charge on any atom is -0.343 e. The quantitative estimate of drug-likeness (QED) is 0.758. The van der Waals surface area contributed by atoms with Crippen molar-refractivity contribution in [2.24, 2.45) is 5.92 Å². The van der Waals surface area contributed by atoms with E-state index < -0.39 is 0 Å². The van der Waals surface area contributed by atoms with Gasteiger partial charge in [-0.2, -0.15) is 0 Å². The van der Waals surface area contributed by atoms with Gasteiger partial charge < -0.3 is 9.71 Å². The minimum atomic E-state index is 0.361. The van der Waals surface area contributed by atoms with Crippen molar-refractivity contribution < 1.29 is 4.79 Å². The summed E-state index contributed by atoms with van der Waals surface area (Å²) in [4.78, 5) is 16.3. The highest BCUT2D eigenvalue weighted by Crippen LogP contribution is 2.31. The summed E-state index contributed by atoms with van der Waals surface area (Å²) in [6.07, 6.45) is 3.20. The maximum Gasteiger partial charge on any atom is 0.225 e. The number of rotatable bonds is 4. The summed E-state index contributed by atoms with van der Waals surface area (Å²) in [6, 6.07) is 10.5. The van der Waals surface area contributed by atoms with Gasteiger partial charge in [0.15, 0.2) is 0 Å². The molecule has 1 amide bonds. The van der Waals surface area contributed by atoms with Crippen LogP contribution in [-0.4, -0.2) is 49.2 Å². The lowest BCUT2D eigenvalue weighted by molar-refractivity contribution is -0.133. The molecule has 1 radical (unpaired) electrons. The van der Waals surface area contributed by atoms with Gasteiger partial charge in [0.25, 0.3) is 0 Å². The first-order valence-electron chi connectivity index (χ1n) is 7.23. The number of hydrogen-bond acceptors (Lipinski definition) is 2. The third kappa shape index (κ3) is 3.38. The van der Waals surface area contributed by atoms with Crippen molar-refractivity contribution in [3.8, 4) is 0 Å². The van der Waals surface area contributed by atoms with Gasteiger partial charge in [-0.1, -0.05) is 35.9 Å². The molecule has 2 aliphatic rings. The van der Waals surface area contributed by atoms with E-state index in [4.69, 9.17) is 0 Å². The van der Waals surface area contributed by atoms with Crippen LogP contribution in [0.25, 0.3) is 0 Å². The number of piperazine rings is 1. The fourth-order valence-corrected chi connectivity index (χ4v) is 2.56. The number of nitrogens with zero attached hydrogens (tertiary/aromatic N) is 2. The zero-order valence-electron chi connectivity index (χ0n) is 11.3. The second kappa shape index (κ2) is 5.78. The molecule has 0 aromatic heterocycles. The summed E-state index contributed by atoms with van der Waals surface area (Å²) < 4.78 is 0. The minimum absolute atomic E-state index is 0.361. The van der Waals surface area contributed by atoms with E-state index in [1.807, 2.05) is 11.0 Å². The molecule has 3 nitrogen and oxygen atoms in total. The zero-order chi connectivity index (χ0) is 13.1. The van der Waals surface area contributed by atoms with Crippen LogP contribution in [0.5, 0.6) is 0 Å². The molecule has 3 rings (SSSR count). The molecular formula is C15H20BN2O. The molecule has 1 heterocycles. The van der Waals surface area contributed by atoms with Crippen LogP contribution < -0.4 is 0 Å². The molecule has 1 saturated heterocycles. The van der Waals surface area contributed by atoms with E-state index in [9.17, 15) is 4.79 Å². The topological polar surface area (TPSA) is 23.6 Å². The lowest BCUT2D eigenvalue weighted by Gasteiger charge is -2.34.